The number of carbonyl (C=O) groups excluding carboxylic acids is 2. The van der Waals surface area contributed by atoms with Crippen molar-refractivity contribution in [2.24, 2.45) is 10.7 Å². The summed E-state index contributed by atoms with van der Waals surface area (Å²) in [5.74, 6) is -0.501. The van der Waals surface area contributed by atoms with E-state index in [0.29, 0.717) is 12.2 Å². The Morgan fingerprint density at radius 2 is 1.42 bits per heavy atom. The van der Waals surface area contributed by atoms with E-state index < -0.39 is 5.97 Å². The van der Waals surface area contributed by atoms with E-state index in [1.165, 1.54) is 143 Å². The van der Waals surface area contributed by atoms with Crippen molar-refractivity contribution in [2.75, 3.05) is 43.1 Å². The van der Waals surface area contributed by atoms with E-state index in [2.05, 4.69) is 64.6 Å². The van der Waals surface area contributed by atoms with Crippen molar-refractivity contribution < 1.29 is 14.3 Å². The maximum Gasteiger partial charge on any atom is 0.325 e. The highest BCUT2D eigenvalue weighted by Gasteiger charge is 2.13. The second kappa shape index (κ2) is 37.9. The van der Waals surface area contributed by atoms with E-state index in [4.69, 9.17) is 5.73 Å². The summed E-state index contributed by atoms with van der Waals surface area (Å²) >= 11 is 0. The first-order chi connectivity index (χ1) is 28.8. The minimum Gasteiger partial charge on any atom is -0.468 e. The fourth-order valence-corrected chi connectivity index (χ4v) is 6.25. The van der Waals surface area contributed by atoms with Crippen LogP contribution in [-0.4, -0.2) is 61.4 Å². The summed E-state index contributed by atoms with van der Waals surface area (Å²) in [5.41, 5.74) is 8.36. The van der Waals surface area contributed by atoms with Crippen LogP contribution in [0.5, 0.6) is 0 Å². The van der Waals surface area contributed by atoms with Gasteiger partial charge in [0.25, 0.3) is 5.56 Å². The summed E-state index contributed by atoms with van der Waals surface area (Å²) in [6.07, 6.45) is 31.0. The van der Waals surface area contributed by atoms with E-state index in [-0.39, 0.29) is 12.1 Å². The van der Waals surface area contributed by atoms with Crippen LogP contribution in [0.2, 0.25) is 0 Å². The molecule has 1 fully saturated rings. The van der Waals surface area contributed by atoms with Gasteiger partial charge in [-0.2, -0.15) is 0 Å². The van der Waals surface area contributed by atoms with Crippen LogP contribution < -0.4 is 21.1 Å². The van der Waals surface area contributed by atoms with Crippen LogP contribution in [0, 0.1) is 0 Å². The number of allylic oxidation sites excluding steroid dienone is 1. The minimum absolute atomic E-state index is 0.163. The Hall–Kier alpha value is -4.31. The number of hydrogen-bond acceptors (Lipinski definition) is 8. The standard InChI is InChI=1S/C23H39N3O4.C14H16N2.C7H13N.C3H8.C2H6/c1-30-23(29)19-26-18-21(14-15-22(26)28)25(20-27)17-13-11-9-7-5-3-2-4-6-8-10-12-16-24;1-4-8-16(9-5-1)14-11-15-10-12-6-2-3-7-13(12)14;1-4-5-8-6-7(2)3;1-3-2;1-2/h14-15,18,20H,2-13,16-17,19,24H2,1H3;2-3,6-7,10-11H,1,4-5,8-9H2;5-6H,4H2,1-3H3;3H2,1-2H3;1-2H3. The molecule has 1 saturated heterocycles. The van der Waals surface area contributed by atoms with Gasteiger partial charge in [-0.3, -0.25) is 24.4 Å². The molecule has 0 spiro atoms. The molecule has 0 unspecified atom stereocenters. The van der Waals surface area contributed by atoms with Gasteiger partial charge in [0.15, 0.2) is 0 Å². The third-order valence-electron chi connectivity index (χ3n) is 9.27. The molecule has 3 heterocycles. The van der Waals surface area contributed by atoms with Gasteiger partial charge in [-0.15, -0.1) is 0 Å². The zero-order valence-corrected chi connectivity index (χ0v) is 38.4. The number of nitrogens with zero attached hydrogens (tertiary/aromatic N) is 5. The first-order valence-corrected chi connectivity index (χ1v) is 22.7. The first kappa shape index (κ1) is 54.7. The number of methoxy groups -OCH3 is 1. The molecule has 332 valence electrons. The molecule has 1 aliphatic heterocycles. The molecule has 0 atom stereocenters. The number of fused-ring (bicyclic) bond motifs is 1. The molecular formula is C49H82N6O4. The topological polar surface area (TPSA) is 123 Å². The molecule has 2 aromatic heterocycles. The lowest BCUT2D eigenvalue weighted by molar-refractivity contribution is -0.141. The summed E-state index contributed by atoms with van der Waals surface area (Å²) in [5, 5.41) is 2.57. The molecule has 10 heteroatoms. The average Bonchev–Trinajstić information content (AvgIpc) is 3.26. The summed E-state index contributed by atoms with van der Waals surface area (Å²) in [7, 11) is 1.28. The second-order valence-electron chi connectivity index (χ2n) is 14.8. The number of hydrogen-bond donors (Lipinski definition) is 1. The highest BCUT2D eigenvalue weighted by molar-refractivity contribution is 5.93. The van der Waals surface area contributed by atoms with E-state index >= 15 is 0 Å². The number of amides is 1. The first-order valence-electron chi connectivity index (χ1n) is 22.7. The fraction of sp³-hybridized carbons (Fsp3) is 0.612. The normalized spacial score (nSPS) is 11.7. The largest absolute Gasteiger partial charge is 0.468 e. The third kappa shape index (κ3) is 26.4. The van der Waals surface area contributed by atoms with Gasteiger partial charge in [0.2, 0.25) is 6.41 Å². The number of esters is 1. The molecule has 0 saturated carbocycles. The lowest BCUT2D eigenvalue weighted by atomic mass is 10.1. The summed E-state index contributed by atoms with van der Waals surface area (Å²) < 4.78 is 5.86. The SMILES string of the molecule is CC.CCC.CCC=NC=C(C)C.COC(=O)Cn1cc(N(C=O)CCCCCCCCCCCCCCN)ccc1=O.c1ccc2c(N3CCCCC3)cncc2c1. The van der Waals surface area contributed by atoms with E-state index in [0.717, 1.165) is 38.6 Å². The van der Waals surface area contributed by atoms with Gasteiger partial charge < -0.3 is 24.8 Å². The molecule has 4 rings (SSSR count). The van der Waals surface area contributed by atoms with Crippen molar-refractivity contribution in [1.29, 1.82) is 0 Å². The molecule has 0 aliphatic carbocycles. The number of unbranched alkanes of at least 4 members (excludes halogenated alkanes) is 11. The van der Waals surface area contributed by atoms with Gasteiger partial charge in [-0.1, -0.05) is 135 Å². The lowest BCUT2D eigenvalue weighted by Gasteiger charge is -2.29. The summed E-state index contributed by atoms with van der Waals surface area (Å²) in [4.78, 5) is 47.2. The Morgan fingerprint density at radius 1 is 0.847 bits per heavy atom. The predicted octanol–water partition coefficient (Wildman–Crippen LogP) is 11.7. The minimum atomic E-state index is -0.501. The number of nitrogens with two attached hydrogens (primary N) is 1. The van der Waals surface area contributed by atoms with Gasteiger partial charge in [-0.05, 0) is 65.0 Å². The maximum atomic E-state index is 11.9. The summed E-state index contributed by atoms with van der Waals surface area (Å²) in [6.45, 7) is 18.0. The van der Waals surface area contributed by atoms with Crippen LogP contribution in [-0.2, 0) is 20.9 Å². The highest BCUT2D eigenvalue weighted by atomic mass is 16.5. The smallest absolute Gasteiger partial charge is 0.325 e. The Bertz CT molecular complexity index is 1590. The molecular weight excluding hydrogens is 737 g/mol. The number of ether oxygens (including phenoxy) is 1. The molecule has 0 radical (unpaired) electrons. The number of benzene rings is 1. The number of carbonyl (C=O) groups is 2. The molecule has 1 aliphatic rings. The van der Waals surface area contributed by atoms with Gasteiger partial charge in [0.05, 0.1) is 24.7 Å². The maximum absolute atomic E-state index is 11.9. The lowest BCUT2D eigenvalue weighted by Crippen LogP contribution is -2.29. The molecule has 0 bridgehead atoms. The Kier molecular flexibility index (Phi) is 35.2. The predicted molar refractivity (Wildman–Crippen MR) is 254 cm³/mol. The van der Waals surface area contributed by atoms with Crippen LogP contribution in [0.1, 0.15) is 158 Å². The molecule has 1 amide bonds. The van der Waals surface area contributed by atoms with Crippen molar-refractivity contribution in [3.8, 4) is 0 Å². The van der Waals surface area contributed by atoms with Crippen LogP contribution in [0.25, 0.3) is 10.8 Å². The van der Waals surface area contributed by atoms with E-state index in [1.807, 2.05) is 52.5 Å². The number of aliphatic imine (C=N–C) groups is 1. The molecule has 1 aromatic carbocycles. The van der Waals surface area contributed by atoms with Gasteiger partial charge in [0, 0.05) is 61.3 Å². The summed E-state index contributed by atoms with van der Waals surface area (Å²) in [6, 6.07) is 11.5. The van der Waals surface area contributed by atoms with Crippen molar-refractivity contribution in [1.82, 2.24) is 9.55 Å². The van der Waals surface area contributed by atoms with Crippen LogP contribution in [0.3, 0.4) is 0 Å². The highest BCUT2D eigenvalue weighted by Crippen LogP contribution is 2.27. The van der Waals surface area contributed by atoms with Crippen molar-refractivity contribution >= 4 is 40.7 Å². The number of aromatic nitrogens is 2. The molecule has 59 heavy (non-hydrogen) atoms. The zero-order chi connectivity index (χ0) is 43.9. The fourth-order valence-electron chi connectivity index (χ4n) is 6.25. The average molecular weight is 819 g/mol. The Morgan fingerprint density at radius 3 is 1.97 bits per heavy atom. The van der Waals surface area contributed by atoms with Crippen molar-refractivity contribution in [3.63, 3.8) is 0 Å². The van der Waals surface area contributed by atoms with Crippen LogP contribution >= 0.6 is 0 Å². The van der Waals surface area contributed by atoms with E-state index in [9.17, 15) is 14.4 Å². The second-order valence-corrected chi connectivity index (χ2v) is 14.8. The van der Waals surface area contributed by atoms with Crippen molar-refractivity contribution in [2.45, 2.75) is 164 Å². The number of piperidine rings is 1. The quantitative estimate of drug-likeness (QED) is 0.0491. The van der Waals surface area contributed by atoms with Gasteiger partial charge in [-0.25, -0.2) is 0 Å². The van der Waals surface area contributed by atoms with Gasteiger partial charge >= 0.3 is 5.97 Å². The Balaban J connectivity index is 0.000000953. The molecule has 3 aromatic rings. The Labute approximate surface area is 358 Å². The third-order valence-corrected chi connectivity index (χ3v) is 9.27. The van der Waals surface area contributed by atoms with Crippen LogP contribution in [0.15, 0.2) is 76.5 Å². The molecule has 10 nitrogen and oxygen atoms in total. The van der Waals surface area contributed by atoms with E-state index in [1.54, 1.807) is 11.0 Å². The zero-order valence-electron chi connectivity index (χ0n) is 38.4. The monoisotopic (exact) mass is 819 g/mol. The number of rotatable bonds is 21. The molecule has 2 N–H and O–H groups in total. The van der Waals surface area contributed by atoms with Crippen LogP contribution in [0.4, 0.5) is 11.4 Å². The number of pyridine rings is 2. The van der Waals surface area contributed by atoms with Gasteiger partial charge in [0.1, 0.15) is 6.54 Å². The van der Waals surface area contributed by atoms with Crippen molar-refractivity contribution in [3.05, 3.63) is 77.1 Å². The number of anilines is 2.